The van der Waals surface area contributed by atoms with Crippen LogP contribution in [0.15, 0.2) is 54.3 Å². The van der Waals surface area contributed by atoms with Crippen molar-refractivity contribution < 1.29 is 4.74 Å². The van der Waals surface area contributed by atoms with Gasteiger partial charge < -0.3 is 4.74 Å². The molecule has 0 saturated carbocycles. The quantitative estimate of drug-likeness (QED) is 0.494. The molecule has 7 heteroatoms. The van der Waals surface area contributed by atoms with Gasteiger partial charge in [0.2, 0.25) is 0 Å². The first kappa shape index (κ1) is 16.0. The lowest BCUT2D eigenvalue weighted by Gasteiger charge is -2.15. The van der Waals surface area contributed by atoms with Crippen molar-refractivity contribution in [2.24, 2.45) is 7.05 Å². The van der Waals surface area contributed by atoms with Gasteiger partial charge in [0.25, 0.3) is 0 Å². The number of nitrogens with zero attached hydrogens (tertiary/aromatic N) is 4. The minimum absolute atomic E-state index is 0.109. The number of aryl methyl sites for hydroxylation is 1. The summed E-state index contributed by atoms with van der Waals surface area (Å²) in [6.07, 6.45) is 3.66. The van der Waals surface area contributed by atoms with Gasteiger partial charge in [0.15, 0.2) is 0 Å². The third kappa shape index (κ3) is 2.76. The molecule has 0 aliphatic rings. The van der Waals surface area contributed by atoms with E-state index in [1.54, 1.807) is 16.0 Å². The number of rotatable bonds is 4. The smallest absolute Gasteiger partial charge is 0.123 e. The standard InChI is InChI=1S/C20H17N5OS/c1-12(15-4-3-5-18-20(15)21-11-27-18)26-14-6-7-17-16(8-14)19(24-23-17)13-9-22-25(2)10-13/h3-12H,1-2H3,(H,23,24). The van der Waals surface area contributed by atoms with Crippen LogP contribution in [0.5, 0.6) is 5.75 Å². The van der Waals surface area contributed by atoms with Crippen molar-refractivity contribution in [2.45, 2.75) is 13.0 Å². The summed E-state index contributed by atoms with van der Waals surface area (Å²) in [5.41, 5.74) is 6.79. The van der Waals surface area contributed by atoms with Crippen LogP contribution >= 0.6 is 11.3 Å². The van der Waals surface area contributed by atoms with Gasteiger partial charge in [-0.15, -0.1) is 11.3 Å². The first-order valence-corrected chi connectivity index (χ1v) is 9.53. The largest absolute Gasteiger partial charge is 0.486 e. The van der Waals surface area contributed by atoms with E-state index in [0.29, 0.717) is 0 Å². The predicted octanol–water partition coefficient (Wildman–Crippen LogP) is 4.71. The Balaban J connectivity index is 1.51. The van der Waals surface area contributed by atoms with Crippen molar-refractivity contribution >= 4 is 32.5 Å². The molecule has 2 aromatic carbocycles. The number of para-hydroxylation sites is 1. The van der Waals surface area contributed by atoms with Gasteiger partial charge >= 0.3 is 0 Å². The number of benzene rings is 2. The summed E-state index contributed by atoms with van der Waals surface area (Å²) in [7, 11) is 1.90. The predicted molar refractivity (Wildman–Crippen MR) is 107 cm³/mol. The maximum atomic E-state index is 6.25. The Hall–Kier alpha value is -3.19. The molecule has 0 amide bonds. The fourth-order valence-electron chi connectivity index (χ4n) is 3.33. The minimum Gasteiger partial charge on any atom is -0.486 e. The fourth-order valence-corrected chi connectivity index (χ4v) is 4.05. The number of hydrogen-bond donors (Lipinski definition) is 1. The first-order valence-electron chi connectivity index (χ1n) is 8.65. The maximum absolute atomic E-state index is 6.25. The van der Waals surface area contributed by atoms with Crippen LogP contribution in [0.1, 0.15) is 18.6 Å². The van der Waals surface area contributed by atoms with Crippen LogP contribution in [0, 0.1) is 0 Å². The molecular formula is C20H17N5OS. The third-order valence-electron chi connectivity index (χ3n) is 4.66. The van der Waals surface area contributed by atoms with Gasteiger partial charge in [-0.1, -0.05) is 12.1 Å². The molecule has 1 atom stereocenters. The van der Waals surface area contributed by atoms with E-state index in [1.165, 1.54) is 4.70 Å². The summed E-state index contributed by atoms with van der Waals surface area (Å²) < 4.78 is 9.20. The molecule has 5 aromatic rings. The van der Waals surface area contributed by atoms with Crippen molar-refractivity contribution in [3.05, 3.63) is 59.9 Å². The van der Waals surface area contributed by atoms with E-state index in [2.05, 4.69) is 45.4 Å². The molecule has 0 spiro atoms. The van der Waals surface area contributed by atoms with Gasteiger partial charge in [0.1, 0.15) is 17.5 Å². The molecule has 1 N–H and O–H groups in total. The average molecular weight is 375 g/mol. The second-order valence-electron chi connectivity index (χ2n) is 6.49. The van der Waals surface area contributed by atoms with Crippen molar-refractivity contribution in [1.82, 2.24) is 25.0 Å². The number of thiazole rings is 1. The number of ether oxygens (including phenoxy) is 1. The molecule has 0 fully saturated rings. The molecule has 0 saturated heterocycles. The minimum atomic E-state index is -0.109. The summed E-state index contributed by atoms with van der Waals surface area (Å²) >= 11 is 1.64. The van der Waals surface area contributed by atoms with E-state index in [0.717, 1.165) is 39.0 Å². The summed E-state index contributed by atoms with van der Waals surface area (Å²) in [5, 5.41) is 12.8. The molecule has 27 heavy (non-hydrogen) atoms. The van der Waals surface area contributed by atoms with E-state index in [9.17, 15) is 0 Å². The Bertz CT molecular complexity index is 1250. The van der Waals surface area contributed by atoms with E-state index in [-0.39, 0.29) is 6.10 Å². The van der Waals surface area contributed by atoms with Crippen LogP contribution in [0.4, 0.5) is 0 Å². The lowest BCUT2D eigenvalue weighted by Crippen LogP contribution is -2.03. The molecule has 3 heterocycles. The lowest BCUT2D eigenvalue weighted by molar-refractivity contribution is 0.228. The topological polar surface area (TPSA) is 68.6 Å². The zero-order valence-electron chi connectivity index (χ0n) is 14.9. The Morgan fingerprint density at radius 1 is 1.22 bits per heavy atom. The summed E-state index contributed by atoms with van der Waals surface area (Å²) in [6.45, 7) is 2.05. The highest BCUT2D eigenvalue weighted by Gasteiger charge is 2.15. The molecule has 0 aliphatic heterocycles. The first-order chi connectivity index (χ1) is 13.2. The average Bonchev–Trinajstić information content (AvgIpc) is 3.39. The van der Waals surface area contributed by atoms with E-state index in [4.69, 9.17) is 4.74 Å². The molecule has 1 unspecified atom stereocenters. The van der Waals surface area contributed by atoms with E-state index >= 15 is 0 Å². The van der Waals surface area contributed by atoms with Crippen LogP contribution in [0.3, 0.4) is 0 Å². The number of nitrogens with one attached hydrogen (secondary N) is 1. The molecule has 0 bridgehead atoms. The SMILES string of the molecule is CC(Oc1ccc2[nH]nc(-c3cnn(C)c3)c2c1)c1cccc2scnc12. The van der Waals surface area contributed by atoms with Crippen LogP contribution in [0.2, 0.25) is 0 Å². The van der Waals surface area contributed by atoms with Gasteiger partial charge in [-0.25, -0.2) is 4.98 Å². The Kier molecular flexibility index (Phi) is 3.68. The number of H-pyrrole nitrogens is 1. The van der Waals surface area contributed by atoms with Gasteiger partial charge in [-0.05, 0) is 31.2 Å². The van der Waals surface area contributed by atoms with Crippen molar-refractivity contribution in [2.75, 3.05) is 0 Å². The highest BCUT2D eigenvalue weighted by molar-refractivity contribution is 7.16. The number of fused-ring (bicyclic) bond motifs is 2. The fraction of sp³-hybridized carbons (Fsp3) is 0.150. The van der Waals surface area contributed by atoms with Crippen LogP contribution in [-0.4, -0.2) is 25.0 Å². The number of aromatic nitrogens is 5. The van der Waals surface area contributed by atoms with Gasteiger partial charge in [0.05, 0.1) is 27.4 Å². The van der Waals surface area contributed by atoms with Gasteiger partial charge in [-0.3, -0.25) is 9.78 Å². The third-order valence-corrected chi connectivity index (χ3v) is 5.45. The van der Waals surface area contributed by atoms with Crippen LogP contribution in [0.25, 0.3) is 32.4 Å². The van der Waals surface area contributed by atoms with Gasteiger partial charge in [-0.2, -0.15) is 10.2 Å². The molecule has 0 aliphatic carbocycles. The summed E-state index contributed by atoms with van der Waals surface area (Å²) in [4.78, 5) is 4.49. The normalized spacial score (nSPS) is 12.7. The highest BCUT2D eigenvalue weighted by Crippen LogP contribution is 2.32. The monoisotopic (exact) mass is 375 g/mol. The molecule has 134 valence electrons. The molecule has 3 aromatic heterocycles. The second-order valence-corrected chi connectivity index (χ2v) is 7.38. The lowest BCUT2D eigenvalue weighted by atomic mass is 10.1. The van der Waals surface area contributed by atoms with Crippen molar-refractivity contribution in [3.8, 4) is 17.0 Å². The van der Waals surface area contributed by atoms with E-state index < -0.39 is 0 Å². The second kappa shape index (κ2) is 6.21. The number of aromatic amines is 1. The molecule has 0 radical (unpaired) electrons. The summed E-state index contributed by atoms with van der Waals surface area (Å²) in [5.74, 6) is 0.800. The molecular weight excluding hydrogens is 358 g/mol. The summed E-state index contributed by atoms with van der Waals surface area (Å²) in [6, 6.07) is 12.2. The zero-order valence-corrected chi connectivity index (χ0v) is 15.7. The highest BCUT2D eigenvalue weighted by atomic mass is 32.1. The molecule has 5 rings (SSSR count). The Morgan fingerprint density at radius 3 is 3.00 bits per heavy atom. The van der Waals surface area contributed by atoms with Crippen molar-refractivity contribution in [3.63, 3.8) is 0 Å². The zero-order chi connectivity index (χ0) is 18.4. The number of hydrogen-bond acceptors (Lipinski definition) is 5. The van der Waals surface area contributed by atoms with Gasteiger partial charge in [0, 0.05) is 29.8 Å². The van der Waals surface area contributed by atoms with Crippen molar-refractivity contribution in [1.29, 1.82) is 0 Å². The Labute approximate surface area is 159 Å². The van der Waals surface area contributed by atoms with Crippen LogP contribution < -0.4 is 4.74 Å². The molecule has 6 nitrogen and oxygen atoms in total. The maximum Gasteiger partial charge on any atom is 0.123 e. The Morgan fingerprint density at radius 2 is 2.15 bits per heavy atom. The van der Waals surface area contributed by atoms with Crippen LogP contribution in [-0.2, 0) is 7.05 Å². The van der Waals surface area contributed by atoms with E-state index in [1.807, 2.05) is 43.2 Å².